The van der Waals surface area contributed by atoms with Gasteiger partial charge in [-0.3, -0.25) is 9.59 Å². The van der Waals surface area contributed by atoms with Gasteiger partial charge in [0.1, 0.15) is 11.5 Å². The van der Waals surface area contributed by atoms with Gasteiger partial charge in [-0.25, -0.2) is 18.7 Å². The average Bonchev–Trinajstić information content (AvgIpc) is 3.57. The number of carbonyl (C=O) groups excluding carboxylic acids is 2. The third-order valence-corrected chi connectivity index (χ3v) is 5.74. The molecule has 0 bridgehead atoms. The molecule has 31 heavy (non-hydrogen) atoms. The molecule has 162 valence electrons. The lowest BCUT2D eigenvalue weighted by molar-refractivity contribution is -0.121. The molecule has 2 aromatic rings. The zero-order chi connectivity index (χ0) is 22.3. The molecule has 1 saturated carbocycles. The van der Waals surface area contributed by atoms with E-state index >= 15 is 8.78 Å². The van der Waals surface area contributed by atoms with Crippen molar-refractivity contribution in [3.8, 4) is 11.5 Å². The summed E-state index contributed by atoms with van der Waals surface area (Å²) in [5, 5.41) is 0. The minimum atomic E-state index is -0.978. The van der Waals surface area contributed by atoms with E-state index < -0.39 is 28.6 Å². The van der Waals surface area contributed by atoms with Crippen molar-refractivity contribution >= 4 is 17.4 Å². The molecular weight excluding hydrogens is 408 g/mol. The highest BCUT2D eigenvalue weighted by molar-refractivity contribution is 6.05. The van der Waals surface area contributed by atoms with Crippen LogP contribution in [0.15, 0.2) is 24.9 Å². The Kier molecular flexibility index (Phi) is 5.20. The maximum atomic E-state index is 15.0. The molecule has 1 spiro atoms. The van der Waals surface area contributed by atoms with Gasteiger partial charge in [-0.2, -0.15) is 0 Å². The third-order valence-electron chi connectivity index (χ3n) is 5.74. The standard InChI is InChI=1S/C22H21F2N3O4/c1-4-13(28)5-6-16-25-10-12-11-27(21(29)22(7-8-22)20(12)26-16)19-17(23)14(30-2)9-15(31-3)18(19)24/h4,9-10H,1,5-8,11H2,2-3H3. The SMILES string of the molecule is C=CC(=O)CCc1ncc2c(n1)C1(CC1)C(=O)N(c1c(F)c(OC)cc(OC)c1F)C2. The molecule has 7 nitrogen and oxygen atoms in total. The Bertz CT molecular complexity index is 1070. The average molecular weight is 429 g/mol. The predicted octanol–water partition coefficient (Wildman–Crippen LogP) is 3.04. The molecule has 4 rings (SSSR count). The van der Waals surface area contributed by atoms with Crippen LogP contribution in [0.1, 0.15) is 36.3 Å². The van der Waals surface area contributed by atoms with E-state index in [0.717, 1.165) is 11.0 Å². The molecular formula is C22H21F2N3O4. The summed E-state index contributed by atoms with van der Waals surface area (Å²) in [6.07, 6.45) is 4.37. The van der Waals surface area contributed by atoms with Crippen LogP contribution in [0.2, 0.25) is 0 Å². The number of amides is 1. The maximum Gasteiger partial charge on any atom is 0.239 e. The Morgan fingerprint density at radius 1 is 1.26 bits per heavy atom. The highest BCUT2D eigenvalue weighted by Gasteiger charge is 2.58. The van der Waals surface area contributed by atoms with Crippen LogP contribution in [0.3, 0.4) is 0 Å². The summed E-state index contributed by atoms with van der Waals surface area (Å²) in [6.45, 7) is 3.35. The van der Waals surface area contributed by atoms with Crippen LogP contribution in [0.5, 0.6) is 11.5 Å². The van der Waals surface area contributed by atoms with Crippen LogP contribution in [0.25, 0.3) is 0 Å². The Balaban J connectivity index is 1.76. The minimum absolute atomic E-state index is 0.0913. The number of benzene rings is 1. The van der Waals surface area contributed by atoms with Crippen LogP contribution in [-0.2, 0) is 28.0 Å². The predicted molar refractivity (Wildman–Crippen MR) is 107 cm³/mol. The number of ether oxygens (including phenoxy) is 2. The number of fused-ring (bicyclic) bond motifs is 2. The summed E-state index contributed by atoms with van der Waals surface area (Å²) in [4.78, 5) is 34.8. The van der Waals surface area contributed by atoms with Gasteiger partial charge in [0.25, 0.3) is 0 Å². The van der Waals surface area contributed by atoms with Crippen molar-refractivity contribution < 1.29 is 27.8 Å². The maximum absolute atomic E-state index is 15.0. The minimum Gasteiger partial charge on any atom is -0.493 e. The molecule has 9 heteroatoms. The van der Waals surface area contributed by atoms with E-state index in [1.54, 1.807) is 6.20 Å². The second-order valence-corrected chi connectivity index (χ2v) is 7.56. The monoisotopic (exact) mass is 429 g/mol. The molecule has 1 aliphatic heterocycles. The quantitative estimate of drug-likeness (QED) is 0.630. The topological polar surface area (TPSA) is 81.6 Å². The number of aryl methyl sites for hydroxylation is 1. The lowest BCUT2D eigenvalue weighted by Gasteiger charge is -2.34. The number of carbonyl (C=O) groups is 2. The molecule has 0 atom stereocenters. The van der Waals surface area contributed by atoms with Gasteiger partial charge >= 0.3 is 0 Å². The third kappa shape index (κ3) is 3.34. The summed E-state index contributed by atoms with van der Waals surface area (Å²) < 4.78 is 40.1. The van der Waals surface area contributed by atoms with E-state index in [0.29, 0.717) is 36.3 Å². The molecule has 1 aromatic carbocycles. The van der Waals surface area contributed by atoms with Gasteiger partial charge in [0.2, 0.25) is 5.91 Å². The van der Waals surface area contributed by atoms with Crippen LogP contribution in [0.4, 0.5) is 14.5 Å². The number of nitrogens with zero attached hydrogens (tertiary/aromatic N) is 3. The van der Waals surface area contributed by atoms with Gasteiger partial charge in [0.05, 0.1) is 31.9 Å². The fourth-order valence-electron chi connectivity index (χ4n) is 3.90. The van der Waals surface area contributed by atoms with Gasteiger partial charge in [-0.15, -0.1) is 0 Å². The number of methoxy groups -OCH3 is 2. The Morgan fingerprint density at radius 3 is 2.45 bits per heavy atom. The number of anilines is 1. The van der Waals surface area contributed by atoms with Crippen molar-refractivity contribution in [2.75, 3.05) is 19.1 Å². The number of ketones is 1. The highest BCUT2D eigenvalue weighted by Crippen LogP contribution is 2.54. The molecule has 1 aliphatic carbocycles. The first-order valence-electron chi connectivity index (χ1n) is 9.78. The summed E-state index contributed by atoms with van der Waals surface area (Å²) in [5.74, 6) is -2.52. The van der Waals surface area contributed by atoms with E-state index in [-0.39, 0.29) is 30.2 Å². The number of halogens is 2. The van der Waals surface area contributed by atoms with Crippen molar-refractivity contribution in [3.63, 3.8) is 0 Å². The van der Waals surface area contributed by atoms with Gasteiger partial charge in [0.15, 0.2) is 28.9 Å². The largest absolute Gasteiger partial charge is 0.493 e. The van der Waals surface area contributed by atoms with Gasteiger partial charge in [-0.1, -0.05) is 6.58 Å². The zero-order valence-electron chi connectivity index (χ0n) is 17.2. The fourth-order valence-corrected chi connectivity index (χ4v) is 3.90. The number of hydrogen-bond donors (Lipinski definition) is 0. The van der Waals surface area contributed by atoms with Crippen molar-refractivity contribution in [3.05, 3.63) is 53.6 Å². The molecule has 2 aliphatic rings. The van der Waals surface area contributed by atoms with E-state index in [9.17, 15) is 9.59 Å². The smallest absolute Gasteiger partial charge is 0.239 e. The molecule has 0 saturated heterocycles. The van der Waals surface area contributed by atoms with Crippen molar-refractivity contribution in [1.29, 1.82) is 0 Å². The second-order valence-electron chi connectivity index (χ2n) is 7.56. The van der Waals surface area contributed by atoms with E-state index in [1.807, 2.05) is 0 Å². The zero-order valence-corrected chi connectivity index (χ0v) is 17.2. The summed E-state index contributed by atoms with van der Waals surface area (Å²) in [5.41, 5.74) is -0.279. The Morgan fingerprint density at radius 2 is 1.90 bits per heavy atom. The van der Waals surface area contributed by atoms with E-state index in [1.165, 1.54) is 20.3 Å². The number of rotatable bonds is 7. The number of hydrogen-bond acceptors (Lipinski definition) is 6. The molecule has 0 unspecified atom stereocenters. The van der Waals surface area contributed by atoms with E-state index in [2.05, 4.69) is 16.5 Å². The van der Waals surface area contributed by atoms with Crippen LogP contribution in [0, 0.1) is 11.6 Å². The fraction of sp³-hybridized carbons (Fsp3) is 0.364. The lowest BCUT2D eigenvalue weighted by Crippen LogP contribution is -2.45. The van der Waals surface area contributed by atoms with Crippen LogP contribution < -0.4 is 14.4 Å². The molecule has 1 aromatic heterocycles. The van der Waals surface area contributed by atoms with Crippen molar-refractivity contribution in [1.82, 2.24) is 9.97 Å². The lowest BCUT2D eigenvalue weighted by atomic mass is 9.91. The van der Waals surface area contributed by atoms with Gasteiger partial charge < -0.3 is 14.4 Å². The van der Waals surface area contributed by atoms with Crippen LogP contribution >= 0.6 is 0 Å². The summed E-state index contributed by atoms with van der Waals surface area (Å²) >= 11 is 0. The highest BCUT2D eigenvalue weighted by atomic mass is 19.1. The molecule has 2 heterocycles. The first kappa shape index (κ1) is 20.9. The molecule has 1 amide bonds. The van der Waals surface area contributed by atoms with Gasteiger partial charge in [-0.05, 0) is 18.9 Å². The first-order valence-corrected chi connectivity index (χ1v) is 9.78. The molecule has 1 fully saturated rings. The summed E-state index contributed by atoms with van der Waals surface area (Å²) in [7, 11) is 2.50. The number of allylic oxidation sites excluding steroid dienone is 1. The van der Waals surface area contributed by atoms with Gasteiger partial charge in [0, 0.05) is 30.7 Å². The Hall–Kier alpha value is -3.36. The van der Waals surface area contributed by atoms with E-state index in [4.69, 9.17) is 9.47 Å². The Labute approximate surface area is 177 Å². The van der Waals surface area contributed by atoms with Crippen molar-refractivity contribution in [2.45, 2.75) is 37.6 Å². The number of aromatic nitrogens is 2. The van der Waals surface area contributed by atoms with Crippen LogP contribution in [-0.4, -0.2) is 35.9 Å². The first-order chi connectivity index (χ1) is 14.9. The second kappa shape index (κ2) is 7.72. The molecule has 0 radical (unpaired) electrons. The normalized spacial score (nSPS) is 16.1. The molecule has 0 N–H and O–H groups in total. The summed E-state index contributed by atoms with van der Waals surface area (Å²) in [6, 6.07) is 1.10. The van der Waals surface area contributed by atoms with Crippen molar-refractivity contribution in [2.24, 2.45) is 0 Å².